The number of nitrogens with zero attached hydrogens (tertiary/aromatic N) is 2. The molecule has 2 unspecified atom stereocenters. The molecule has 1 saturated heterocycles. The van der Waals surface area contributed by atoms with E-state index in [9.17, 15) is 9.59 Å². The Morgan fingerprint density at radius 2 is 0.775 bits per heavy atom. The molecule has 0 aromatic heterocycles. The standard InChI is InChI=1S/C70H122N2O8/c1-49(2)13-11-15-51(5)59-21-23-61-57-19-17-53-45-55(25-29-67(53,7)63(57)27-31-69(59,61)9)79-65(73)47-71-33-37-75-41-43-77-39-35-72(36-40-78-44-42-76-38-34-71)48-66(74)80-56-26-30-68(8)54(46-56)18-20-58-62-24-22-60(52(6)16-12-14-50(3)4)70(62,10)32-28-64(58)68/h49-64H,11-48H2,1-10H3/t51-,52-,53?,54?,55+,56+,57+,58+,59-,60-,61+,62+,63+,64+,67+,68+,69-,70-/m1/s1. The number of carbonyl (C=O) groups excluding carboxylic acids is 2. The first kappa shape index (κ1) is 63.2. The Balaban J connectivity index is 0.667. The van der Waals surface area contributed by atoms with Crippen molar-refractivity contribution in [2.24, 2.45) is 105 Å². The van der Waals surface area contributed by atoms with Gasteiger partial charge in [-0.25, -0.2) is 0 Å². The molecule has 8 aliphatic carbocycles. The fourth-order valence-corrected chi connectivity index (χ4v) is 21.5. The van der Waals surface area contributed by atoms with Crippen molar-refractivity contribution in [2.45, 2.75) is 236 Å². The normalized spacial score (nSPS) is 41.6. The molecule has 0 bridgehead atoms. The molecule has 0 radical (unpaired) electrons. The highest BCUT2D eigenvalue weighted by Gasteiger charge is 2.62. The van der Waals surface area contributed by atoms with Gasteiger partial charge in [-0.2, -0.15) is 0 Å². The van der Waals surface area contributed by atoms with Crippen molar-refractivity contribution < 1.29 is 38.0 Å². The second kappa shape index (κ2) is 28.5. The number of esters is 2. The number of hydrogen-bond donors (Lipinski definition) is 0. The zero-order valence-electron chi connectivity index (χ0n) is 53.3. The lowest BCUT2D eigenvalue weighted by atomic mass is 9.44. The molecule has 9 aliphatic rings. The van der Waals surface area contributed by atoms with Crippen molar-refractivity contribution >= 4 is 11.9 Å². The second-order valence-corrected chi connectivity index (χ2v) is 31.1. The fourth-order valence-electron chi connectivity index (χ4n) is 21.5. The highest BCUT2D eigenvalue weighted by Crippen LogP contribution is 2.70. The van der Waals surface area contributed by atoms with Gasteiger partial charge in [0, 0.05) is 26.2 Å². The Bertz CT molecular complexity index is 1780. The van der Waals surface area contributed by atoms with Gasteiger partial charge in [0.1, 0.15) is 12.2 Å². The predicted molar refractivity (Wildman–Crippen MR) is 322 cm³/mol. The number of rotatable bonds is 16. The van der Waals surface area contributed by atoms with Gasteiger partial charge >= 0.3 is 11.9 Å². The Morgan fingerprint density at radius 3 is 1.14 bits per heavy atom. The minimum atomic E-state index is -0.118. The van der Waals surface area contributed by atoms with Gasteiger partial charge in [-0.15, -0.1) is 0 Å². The lowest BCUT2D eigenvalue weighted by molar-refractivity contribution is -0.164. The maximum absolute atomic E-state index is 13.7. The van der Waals surface area contributed by atoms with Gasteiger partial charge in [0.15, 0.2) is 0 Å². The largest absolute Gasteiger partial charge is 0.461 e. The van der Waals surface area contributed by atoms with Crippen molar-refractivity contribution in [2.75, 3.05) is 92.1 Å². The first-order valence-corrected chi connectivity index (χ1v) is 34.6. The molecule has 8 saturated carbocycles. The van der Waals surface area contributed by atoms with Crippen LogP contribution < -0.4 is 0 Å². The summed E-state index contributed by atoms with van der Waals surface area (Å²) in [6.45, 7) is 32.3. The van der Waals surface area contributed by atoms with E-state index >= 15 is 0 Å². The summed E-state index contributed by atoms with van der Waals surface area (Å²) in [6.07, 6.45) is 31.6. The van der Waals surface area contributed by atoms with E-state index in [2.05, 4.69) is 79.0 Å². The summed E-state index contributed by atoms with van der Waals surface area (Å²) in [5.41, 5.74) is 1.79. The molecule has 18 atom stereocenters. The Labute approximate surface area is 489 Å². The van der Waals surface area contributed by atoms with E-state index in [1.165, 1.54) is 128 Å². The average Bonchev–Trinajstić information content (AvgIpc) is 3.57. The van der Waals surface area contributed by atoms with Gasteiger partial charge in [-0.3, -0.25) is 19.4 Å². The van der Waals surface area contributed by atoms with Crippen LogP contribution in [0.15, 0.2) is 0 Å². The van der Waals surface area contributed by atoms with Crippen molar-refractivity contribution in [3.8, 4) is 0 Å². The Morgan fingerprint density at radius 1 is 0.425 bits per heavy atom. The molecule has 9 rings (SSSR count). The van der Waals surface area contributed by atoms with Crippen LogP contribution in [0.2, 0.25) is 0 Å². The van der Waals surface area contributed by atoms with Gasteiger partial charge in [-0.05, 0) is 220 Å². The molecular weight excluding hydrogens is 997 g/mol. The van der Waals surface area contributed by atoms with Crippen molar-refractivity contribution in [1.29, 1.82) is 0 Å². The smallest absolute Gasteiger partial charge is 0.320 e. The molecule has 460 valence electrons. The lowest BCUT2D eigenvalue weighted by Gasteiger charge is -2.61. The van der Waals surface area contributed by atoms with E-state index < -0.39 is 0 Å². The molecule has 10 nitrogen and oxygen atoms in total. The number of ether oxygens (including phenoxy) is 6. The van der Waals surface area contributed by atoms with Gasteiger partial charge in [0.05, 0.1) is 65.9 Å². The number of fused-ring (bicyclic) bond motifs is 10. The summed E-state index contributed by atoms with van der Waals surface area (Å²) < 4.78 is 37.0. The van der Waals surface area contributed by atoms with Crippen LogP contribution in [0.1, 0.15) is 223 Å². The third-order valence-corrected chi connectivity index (χ3v) is 25.9. The molecule has 80 heavy (non-hydrogen) atoms. The van der Waals surface area contributed by atoms with Crippen LogP contribution in [-0.4, -0.2) is 126 Å². The molecule has 0 amide bonds. The maximum Gasteiger partial charge on any atom is 0.320 e. The summed E-state index contributed by atoms with van der Waals surface area (Å²) >= 11 is 0. The van der Waals surface area contributed by atoms with Crippen LogP contribution in [0, 0.1) is 105 Å². The van der Waals surface area contributed by atoms with Gasteiger partial charge < -0.3 is 28.4 Å². The summed E-state index contributed by atoms with van der Waals surface area (Å²) in [6, 6.07) is 0. The van der Waals surface area contributed by atoms with Crippen LogP contribution in [-0.2, 0) is 38.0 Å². The van der Waals surface area contributed by atoms with E-state index in [4.69, 9.17) is 28.4 Å². The summed E-state index contributed by atoms with van der Waals surface area (Å²) in [7, 11) is 0. The topological polar surface area (TPSA) is 96.0 Å². The predicted octanol–water partition coefficient (Wildman–Crippen LogP) is 14.7. The van der Waals surface area contributed by atoms with E-state index in [1.54, 1.807) is 0 Å². The van der Waals surface area contributed by atoms with E-state index in [1.807, 2.05) is 0 Å². The zero-order chi connectivity index (χ0) is 56.7. The zero-order valence-corrected chi connectivity index (χ0v) is 53.3. The fraction of sp³-hybridized carbons (Fsp3) is 0.971. The van der Waals surface area contributed by atoms with Gasteiger partial charge in [0.25, 0.3) is 0 Å². The monoisotopic (exact) mass is 1120 g/mol. The Kier molecular flexibility index (Phi) is 22.5. The molecule has 1 heterocycles. The second-order valence-electron chi connectivity index (χ2n) is 31.1. The lowest BCUT2D eigenvalue weighted by Crippen LogP contribution is -2.54. The molecule has 1 aliphatic heterocycles. The first-order chi connectivity index (χ1) is 38.4. The average molecular weight is 1120 g/mol. The first-order valence-electron chi connectivity index (χ1n) is 34.6. The third-order valence-electron chi connectivity index (χ3n) is 25.9. The van der Waals surface area contributed by atoms with Crippen molar-refractivity contribution in [3.05, 3.63) is 0 Å². The number of hydrogen-bond acceptors (Lipinski definition) is 10. The molecule has 0 spiro atoms. The Hall–Kier alpha value is -1.30. The van der Waals surface area contributed by atoms with Crippen LogP contribution in [0.4, 0.5) is 0 Å². The third kappa shape index (κ3) is 14.7. The minimum Gasteiger partial charge on any atom is -0.461 e. The molecule has 0 aromatic carbocycles. The number of carbonyl (C=O) groups is 2. The quantitative estimate of drug-likeness (QED) is 0.139. The van der Waals surface area contributed by atoms with E-state index in [-0.39, 0.29) is 37.2 Å². The summed E-state index contributed by atoms with van der Waals surface area (Å²) in [4.78, 5) is 31.6. The molecule has 9 fully saturated rings. The van der Waals surface area contributed by atoms with Crippen LogP contribution in [0.25, 0.3) is 0 Å². The minimum absolute atomic E-state index is 0.0166. The molecule has 0 aromatic rings. The molecule has 0 N–H and O–H groups in total. The molecular formula is C70H122N2O8. The van der Waals surface area contributed by atoms with Gasteiger partial charge in [0.2, 0.25) is 0 Å². The van der Waals surface area contributed by atoms with Crippen LogP contribution in [0.5, 0.6) is 0 Å². The van der Waals surface area contributed by atoms with Crippen LogP contribution in [0.3, 0.4) is 0 Å². The van der Waals surface area contributed by atoms with E-state index in [0.717, 1.165) is 96.7 Å². The van der Waals surface area contributed by atoms with Crippen LogP contribution >= 0.6 is 0 Å². The highest BCUT2D eigenvalue weighted by molar-refractivity contribution is 5.72. The van der Waals surface area contributed by atoms with Crippen molar-refractivity contribution in [3.63, 3.8) is 0 Å². The van der Waals surface area contributed by atoms with Crippen molar-refractivity contribution in [1.82, 2.24) is 9.80 Å². The van der Waals surface area contributed by atoms with E-state index in [0.29, 0.717) is 113 Å². The SMILES string of the molecule is CC(C)CCC[C@@H](C)[C@H]1CC[C@H]2[C@@H]3CCC4C[C@@H](OC(=O)CN5CCOCCOCCN(CC(=O)O[C@H]6CC[C@@]7(C)C(CC[C@H]8[C@@H]9CC[C@H]([C@H](C)CCCC(C)C)[C@@]9(C)CC[C@@H]87)C6)CCOCCOCC5)CC[C@]4(C)[C@H]3CC[C@]12C. The molecule has 10 heteroatoms. The highest BCUT2D eigenvalue weighted by atomic mass is 16.6. The maximum atomic E-state index is 13.7. The summed E-state index contributed by atoms with van der Waals surface area (Å²) in [5, 5.41) is 0. The van der Waals surface area contributed by atoms with Gasteiger partial charge in [-0.1, -0.05) is 108 Å². The summed E-state index contributed by atoms with van der Waals surface area (Å²) in [5.74, 6) is 11.4.